The lowest BCUT2D eigenvalue weighted by atomic mass is 9.82. The summed E-state index contributed by atoms with van der Waals surface area (Å²) in [5.41, 5.74) is 3.23. The number of H-pyrrole nitrogens is 1. The largest absolute Gasteiger partial charge is 0.387 e. The summed E-state index contributed by atoms with van der Waals surface area (Å²) in [7, 11) is 0. The number of carbonyl (C=O) groups is 1. The minimum atomic E-state index is -0.469. The monoisotopic (exact) mass is 260 g/mol. The lowest BCUT2D eigenvalue weighted by molar-refractivity contribution is -0.124. The maximum atomic E-state index is 11.2. The van der Waals surface area contributed by atoms with E-state index in [2.05, 4.69) is 30.2 Å². The Balaban J connectivity index is 2.36. The van der Waals surface area contributed by atoms with Crippen molar-refractivity contribution in [3.8, 4) is 0 Å². The molecule has 0 spiro atoms. The van der Waals surface area contributed by atoms with Gasteiger partial charge < -0.3 is 15.4 Å². The first-order chi connectivity index (χ1) is 8.95. The van der Waals surface area contributed by atoms with E-state index in [1.54, 1.807) is 0 Å². The van der Waals surface area contributed by atoms with E-state index in [0.717, 1.165) is 11.2 Å². The zero-order valence-electron chi connectivity index (χ0n) is 11.6. The van der Waals surface area contributed by atoms with E-state index in [-0.39, 0.29) is 11.3 Å². The molecular weight excluding hydrogens is 240 g/mol. The van der Waals surface area contributed by atoms with Gasteiger partial charge in [-0.3, -0.25) is 4.79 Å². The van der Waals surface area contributed by atoms with Crippen molar-refractivity contribution in [2.24, 2.45) is 0 Å². The van der Waals surface area contributed by atoms with Gasteiger partial charge in [-0.2, -0.15) is 0 Å². The number of aromatic nitrogens is 1. The van der Waals surface area contributed by atoms with Gasteiger partial charge in [0.1, 0.15) is 6.61 Å². The number of hydrogen-bond acceptors (Lipinski definition) is 2. The van der Waals surface area contributed by atoms with Crippen LogP contribution in [0, 0.1) is 6.92 Å². The Labute approximate surface area is 112 Å². The van der Waals surface area contributed by atoms with Crippen LogP contribution in [0.3, 0.4) is 0 Å². The number of nitrogens with one attached hydrogen (secondary N) is 2. The number of aliphatic hydroxyl groups is 1. The second kappa shape index (κ2) is 5.05. The molecule has 0 bridgehead atoms. The molecule has 0 unspecified atom stereocenters. The van der Waals surface area contributed by atoms with Crippen LogP contribution >= 0.6 is 0 Å². The Kier molecular flexibility index (Phi) is 3.62. The van der Waals surface area contributed by atoms with Crippen molar-refractivity contribution in [1.82, 2.24) is 10.3 Å². The molecule has 0 aliphatic rings. The number of aryl methyl sites for hydroxylation is 1. The lowest BCUT2D eigenvalue weighted by Gasteiger charge is -2.26. The minimum absolute atomic E-state index is 0.200. The zero-order chi connectivity index (χ0) is 14.0. The number of carbonyl (C=O) groups excluding carboxylic acids is 1. The van der Waals surface area contributed by atoms with Crippen LogP contribution in [0.4, 0.5) is 0 Å². The summed E-state index contributed by atoms with van der Waals surface area (Å²) < 4.78 is 0. The van der Waals surface area contributed by atoms with E-state index in [9.17, 15) is 4.79 Å². The Hall–Kier alpha value is -1.81. The number of rotatable bonds is 4. The standard InChI is InChI=1S/C15H20N2O2/c1-10-14(11-6-4-5-7-12(11)17-10)15(2,3)9-16-13(19)8-18/h4-7,17-18H,8-9H2,1-3H3,(H,16,19). The summed E-state index contributed by atoms with van der Waals surface area (Å²) in [6.07, 6.45) is 0. The van der Waals surface area contributed by atoms with Gasteiger partial charge in [-0.05, 0) is 18.6 Å². The molecule has 2 rings (SSSR count). The van der Waals surface area contributed by atoms with Gasteiger partial charge in [-0.25, -0.2) is 0 Å². The Morgan fingerprint density at radius 3 is 2.74 bits per heavy atom. The second-order valence-corrected chi connectivity index (χ2v) is 5.49. The van der Waals surface area contributed by atoms with Crippen molar-refractivity contribution in [3.05, 3.63) is 35.5 Å². The average Bonchev–Trinajstić information content (AvgIpc) is 2.72. The SMILES string of the molecule is Cc1[nH]c2ccccc2c1C(C)(C)CNC(=O)CO. The highest BCUT2D eigenvalue weighted by atomic mass is 16.3. The van der Waals surface area contributed by atoms with Crippen LogP contribution in [-0.4, -0.2) is 29.1 Å². The molecule has 1 aromatic heterocycles. The summed E-state index contributed by atoms with van der Waals surface area (Å²) in [6.45, 7) is 6.25. The van der Waals surface area contributed by atoms with Crippen LogP contribution in [0.1, 0.15) is 25.1 Å². The van der Waals surface area contributed by atoms with Crippen LogP contribution < -0.4 is 5.32 Å². The molecule has 0 saturated heterocycles. The zero-order valence-corrected chi connectivity index (χ0v) is 11.6. The van der Waals surface area contributed by atoms with Crippen LogP contribution in [0.25, 0.3) is 10.9 Å². The van der Waals surface area contributed by atoms with Crippen LogP contribution in [0.2, 0.25) is 0 Å². The number of fused-ring (bicyclic) bond motifs is 1. The molecule has 0 saturated carbocycles. The van der Waals surface area contributed by atoms with E-state index in [4.69, 9.17) is 5.11 Å². The molecule has 3 N–H and O–H groups in total. The van der Waals surface area contributed by atoms with Crippen molar-refractivity contribution in [1.29, 1.82) is 0 Å². The third-order valence-corrected chi connectivity index (χ3v) is 3.44. The minimum Gasteiger partial charge on any atom is -0.387 e. The van der Waals surface area contributed by atoms with Crippen molar-refractivity contribution >= 4 is 16.8 Å². The quantitative estimate of drug-likeness (QED) is 0.785. The molecular formula is C15H20N2O2. The molecule has 4 nitrogen and oxygen atoms in total. The first-order valence-corrected chi connectivity index (χ1v) is 6.41. The molecule has 0 aliphatic carbocycles. The molecule has 4 heteroatoms. The van der Waals surface area contributed by atoms with Crippen LogP contribution in [-0.2, 0) is 10.2 Å². The molecule has 2 aromatic rings. The highest BCUT2D eigenvalue weighted by molar-refractivity contribution is 5.86. The fraction of sp³-hybridized carbons (Fsp3) is 0.400. The number of aromatic amines is 1. The number of para-hydroxylation sites is 1. The summed E-state index contributed by atoms with van der Waals surface area (Å²) in [5.74, 6) is -0.342. The van der Waals surface area contributed by atoms with Gasteiger partial charge in [-0.15, -0.1) is 0 Å². The van der Waals surface area contributed by atoms with E-state index in [1.165, 1.54) is 10.9 Å². The first kappa shape index (κ1) is 13.6. The van der Waals surface area contributed by atoms with E-state index in [0.29, 0.717) is 6.54 Å². The first-order valence-electron chi connectivity index (χ1n) is 6.41. The van der Waals surface area contributed by atoms with Crippen molar-refractivity contribution in [2.75, 3.05) is 13.2 Å². The maximum Gasteiger partial charge on any atom is 0.245 e. The van der Waals surface area contributed by atoms with Gasteiger partial charge >= 0.3 is 0 Å². The Bertz CT molecular complexity index is 599. The van der Waals surface area contributed by atoms with Gasteiger partial charge in [0.2, 0.25) is 5.91 Å². The normalized spacial score (nSPS) is 11.8. The molecule has 1 aromatic carbocycles. The summed E-state index contributed by atoms with van der Waals surface area (Å²) in [4.78, 5) is 14.6. The van der Waals surface area contributed by atoms with Crippen molar-refractivity contribution in [3.63, 3.8) is 0 Å². The average molecular weight is 260 g/mol. The molecule has 1 amide bonds. The smallest absolute Gasteiger partial charge is 0.245 e. The molecule has 0 radical (unpaired) electrons. The predicted molar refractivity (Wildman–Crippen MR) is 76.2 cm³/mol. The number of benzene rings is 1. The van der Waals surface area contributed by atoms with Gasteiger partial charge in [0.05, 0.1) is 0 Å². The number of hydrogen-bond donors (Lipinski definition) is 3. The summed E-state index contributed by atoms with van der Waals surface area (Å²) in [6, 6.07) is 8.15. The Morgan fingerprint density at radius 2 is 2.05 bits per heavy atom. The van der Waals surface area contributed by atoms with Gasteiger partial charge in [0.25, 0.3) is 0 Å². The maximum absolute atomic E-state index is 11.2. The third kappa shape index (κ3) is 2.63. The highest BCUT2D eigenvalue weighted by Crippen LogP contribution is 2.32. The highest BCUT2D eigenvalue weighted by Gasteiger charge is 2.26. The van der Waals surface area contributed by atoms with E-state index in [1.807, 2.05) is 25.1 Å². The molecule has 19 heavy (non-hydrogen) atoms. The second-order valence-electron chi connectivity index (χ2n) is 5.49. The lowest BCUT2D eigenvalue weighted by Crippen LogP contribution is -2.38. The topological polar surface area (TPSA) is 65.1 Å². The van der Waals surface area contributed by atoms with Crippen molar-refractivity contribution < 1.29 is 9.90 Å². The molecule has 0 aliphatic heterocycles. The van der Waals surface area contributed by atoms with Gasteiger partial charge in [0, 0.05) is 28.6 Å². The van der Waals surface area contributed by atoms with Gasteiger partial charge in [0.15, 0.2) is 0 Å². The molecule has 0 atom stereocenters. The number of amides is 1. The molecule has 102 valence electrons. The molecule has 0 fully saturated rings. The summed E-state index contributed by atoms with van der Waals surface area (Å²) in [5, 5.41) is 12.7. The van der Waals surface area contributed by atoms with Gasteiger partial charge in [-0.1, -0.05) is 32.0 Å². The fourth-order valence-electron chi connectivity index (χ4n) is 2.61. The van der Waals surface area contributed by atoms with Crippen LogP contribution in [0.5, 0.6) is 0 Å². The third-order valence-electron chi connectivity index (χ3n) is 3.44. The predicted octanol–water partition coefficient (Wildman–Crippen LogP) is 1.86. The Morgan fingerprint density at radius 1 is 1.37 bits per heavy atom. The van der Waals surface area contributed by atoms with E-state index < -0.39 is 6.61 Å². The molecule has 1 heterocycles. The number of aliphatic hydroxyl groups excluding tert-OH is 1. The summed E-state index contributed by atoms with van der Waals surface area (Å²) >= 11 is 0. The van der Waals surface area contributed by atoms with E-state index >= 15 is 0 Å². The fourth-order valence-corrected chi connectivity index (χ4v) is 2.61. The van der Waals surface area contributed by atoms with Crippen LogP contribution in [0.15, 0.2) is 24.3 Å². The van der Waals surface area contributed by atoms with Crippen molar-refractivity contribution in [2.45, 2.75) is 26.2 Å².